The number of rotatable bonds is 3. The zero-order valence-corrected chi connectivity index (χ0v) is 7.82. The lowest BCUT2D eigenvalue weighted by Gasteiger charge is -2.27. The van der Waals surface area contributed by atoms with Crippen LogP contribution in [0.1, 0.15) is 25.7 Å². The van der Waals surface area contributed by atoms with Gasteiger partial charge in [-0.2, -0.15) is 0 Å². The van der Waals surface area contributed by atoms with Crippen molar-refractivity contribution >= 4 is 0 Å². The van der Waals surface area contributed by atoms with E-state index in [1.54, 1.807) is 19.1 Å². The normalized spacial score (nSPS) is 17.8. The van der Waals surface area contributed by atoms with Crippen LogP contribution < -0.4 is 0 Å². The molecule has 0 bridgehead atoms. The minimum absolute atomic E-state index is 0.341. The van der Waals surface area contributed by atoms with Gasteiger partial charge in [-0.25, -0.2) is 0 Å². The first-order chi connectivity index (χ1) is 5.96. The van der Waals surface area contributed by atoms with Crippen molar-refractivity contribution in [3.63, 3.8) is 0 Å². The molecule has 0 saturated carbocycles. The number of hydrogen-bond donors (Lipinski definition) is 2. The minimum Gasteiger partial charge on any atom is -0.466 e. The van der Waals surface area contributed by atoms with E-state index in [2.05, 4.69) is 6.58 Å². The Morgan fingerprint density at radius 1 is 1.69 bits per heavy atom. The molecule has 0 aliphatic heterocycles. The van der Waals surface area contributed by atoms with Gasteiger partial charge in [0.2, 0.25) is 0 Å². The summed E-state index contributed by atoms with van der Waals surface area (Å²) < 4.78 is 4.98. The van der Waals surface area contributed by atoms with Gasteiger partial charge in [0.25, 0.3) is 0 Å². The summed E-state index contributed by atoms with van der Waals surface area (Å²) in [6.07, 6.45) is 0.382. The Balaban J connectivity index is 2.90. The van der Waals surface area contributed by atoms with E-state index in [0.29, 0.717) is 11.3 Å². The zero-order chi connectivity index (χ0) is 10.1. The molecular formula is C10H14O3. The summed E-state index contributed by atoms with van der Waals surface area (Å²) in [6.45, 7) is 6.77. The average molecular weight is 182 g/mol. The van der Waals surface area contributed by atoms with Crippen LogP contribution in [0.4, 0.5) is 0 Å². The third-order valence-electron chi connectivity index (χ3n) is 2.21. The van der Waals surface area contributed by atoms with E-state index in [9.17, 15) is 10.2 Å². The molecule has 0 amide bonds. The van der Waals surface area contributed by atoms with Gasteiger partial charge in [-0.15, -0.1) is 0 Å². The first-order valence-electron chi connectivity index (χ1n) is 4.06. The van der Waals surface area contributed by atoms with Crippen molar-refractivity contribution in [1.82, 2.24) is 0 Å². The van der Waals surface area contributed by atoms with E-state index in [0.717, 1.165) is 0 Å². The fraction of sp³-hybridized carbons (Fsp3) is 0.400. The first kappa shape index (κ1) is 10.0. The molecule has 0 radical (unpaired) electrons. The third-order valence-corrected chi connectivity index (χ3v) is 2.21. The summed E-state index contributed by atoms with van der Waals surface area (Å²) in [7, 11) is 0. The molecule has 0 aromatic carbocycles. The molecule has 2 unspecified atom stereocenters. The molecular weight excluding hydrogens is 168 g/mol. The summed E-state index contributed by atoms with van der Waals surface area (Å²) in [5, 5.41) is 19.5. The Bertz CT molecular complexity index is 285. The maximum atomic E-state index is 9.82. The Kier molecular flexibility index (Phi) is 2.59. The predicted octanol–water partition coefficient (Wildman–Crippen LogP) is 1.64. The molecule has 3 heteroatoms. The molecule has 13 heavy (non-hydrogen) atoms. The summed E-state index contributed by atoms with van der Waals surface area (Å²) in [5.74, 6) is 0.341. The van der Waals surface area contributed by atoms with Crippen molar-refractivity contribution < 1.29 is 14.6 Å². The second kappa shape index (κ2) is 3.36. The van der Waals surface area contributed by atoms with Crippen LogP contribution in [-0.4, -0.2) is 15.8 Å². The van der Waals surface area contributed by atoms with E-state index in [-0.39, 0.29) is 0 Å². The monoisotopic (exact) mass is 182 g/mol. The van der Waals surface area contributed by atoms with Gasteiger partial charge in [0, 0.05) is 0 Å². The molecule has 2 N–H and O–H groups in total. The molecule has 0 aliphatic carbocycles. The molecule has 3 nitrogen and oxygen atoms in total. The zero-order valence-electron chi connectivity index (χ0n) is 7.82. The topological polar surface area (TPSA) is 53.6 Å². The van der Waals surface area contributed by atoms with Crippen molar-refractivity contribution in [2.45, 2.75) is 25.6 Å². The molecule has 1 rings (SSSR count). The minimum atomic E-state index is -1.35. The molecule has 0 spiro atoms. The molecule has 2 atom stereocenters. The lowest BCUT2D eigenvalue weighted by atomic mass is 9.90. The van der Waals surface area contributed by atoms with Crippen molar-refractivity contribution in [1.29, 1.82) is 0 Å². The van der Waals surface area contributed by atoms with Gasteiger partial charge in [-0.05, 0) is 31.6 Å². The second-order valence-electron chi connectivity index (χ2n) is 3.35. The van der Waals surface area contributed by atoms with Gasteiger partial charge < -0.3 is 14.6 Å². The standard InChI is InChI=1S/C10H14O3/c1-7(2)10(3,12)9(11)8-5-4-6-13-8/h4-6,9,11-12H,1H2,2-3H3. The van der Waals surface area contributed by atoms with Gasteiger partial charge in [-0.3, -0.25) is 0 Å². The van der Waals surface area contributed by atoms with Crippen LogP contribution >= 0.6 is 0 Å². The van der Waals surface area contributed by atoms with Crippen molar-refractivity contribution in [3.8, 4) is 0 Å². The SMILES string of the molecule is C=C(C)C(C)(O)C(O)c1ccco1. The lowest BCUT2D eigenvalue weighted by molar-refractivity contribution is -0.0462. The molecule has 0 saturated heterocycles. The van der Waals surface area contributed by atoms with Gasteiger partial charge in [0.15, 0.2) is 0 Å². The fourth-order valence-electron chi connectivity index (χ4n) is 0.957. The highest BCUT2D eigenvalue weighted by atomic mass is 16.4. The number of hydrogen-bond acceptors (Lipinski definition) is 3. The molecule has 0 fully saturated rings. The average Bonchev–Trinajstić information content (AvgIpc) is 2.54. The molecule has 0 aliphatic rings. The Morgan fingerprint density at radius 2 is 2.31 bits per heavy atom. The van der Waals surface area contributed by atoms with Gasteiger partial charge >= 0.3 is 0 Å². The quantitative estimate of drug-likeness (QED) is 0.699. The predicted molar refractivity (Wildman–Crippen MR) is 49.1 cm³/mol. The van der Waals surface area contributed by atoms with Gasteiger partial charge in [0.1, 0.15) is 17.5 Å². The maximum Gasteiger partial charge on any atom is 0.144 e. The van der Waals surface area contributed by atoms with E-state index in [4.69, 9.17) is 4.42 Å². The van der Waals surface area contributed by atoms with Crippen LogP contribution in [0.15, 0.2) is 35.0 Å². The maximum absolute atomic E-state index is 9.82. The molecule has 1 aromatic heterocycles. The van der Waals surface area contributed by atoms with Crippen molar-refractivity contribution in [2.24, 2.45) is 0 Å². The summed E-state index contributed by atoms with van der Waals surface area (Å²) in [5.41, 5.74) is -0.853. The second-order valence-corrected chi connectivity index (χ2v) is 3.35. The van der Waals surface area contributed by atoms with Crippen LogP contribution in [-0.2, 0) is 0 Å². The number of furan rings is 1. The highest BCUT2D eigenvalue weighted by Crippen LogP contribution is 2.30. The Hall–Kier alpha value is -1.06. The van der Waals surface area contributed by atoms with Crippen LogP contribution in [0.5, 0.6) is 0 Å². The Morgan fingerprint density at radius 3 is 2.69 bits per heavy atom. The molecule has 1 aromatic rings. The first-order valence-corrected chi connectivity index (χ1v) is 4.06. The van der Waals surface area contributed by atoms with E-state index < -0.39 is 11.7 Å². The summed E-state index contributed by atoms with van der Waals surface area (Å²) in [4.78, 5) is 0. The molecule has 1 heterocycles. The fourth-order valence-corrected chi connectivity index (χ4v) is 0.957. The van der Waals surface area contributed by atoms with Crippen molar-refractivity contribution in [3.05, 3.63) is 36.3 Å². The van der Waals surface area contributed by atoms with E-state index in [1.165, 1.54) is 13.2 Å². The highest BCUT2D eigenvalue weighted by molar-refractivity contribution is 5.17. The molecule has 72 valence electrons. The van der Waals surface area contributed by atoms with Crippen LogP contribution in [0, 0.1) is 0 Å². The summed E-state index contributed by atoms with van der Waals surface area (Å²) in [6, 6.07) is 3.27. The van der Waals surface area contributed by atoms with E-state index >= 15 is 0 Å². The third kappa shape index (κ3) is 1.82. The largest absolute Gasteiger partial charge is 0.466 e. The van der Waals surface area contributed by atoms with Gasteiger partial charge in [0.05, 0.1) is 6.26 Å². The highest BCUT2D eigenvalue weighted by Gasteiger charge is 2.34. The number of aliphatic hydroxyl groups excluding tert-OH is 1. The Labute approximate surface area is 77.3 Å². The van der Waals surface area contributed by atoms with Crippen LogP contribution in [0.25, 0.3) is 0 Å². The van der Waals surface area contributed by atoms with Crippen LogP contribution in [0.2, 0.25) is 0 Å². The van der Waals surface area contributed by atoms with E-state index in [1.807, 2.05) is 0 Å². The van der Waals surface area contributed by atoms with Crippen LogP contribution in [0.3, 0.4) is 0 Å². The van der Waals surface area contributed by atoms with Gasteiger partial charge in [-0.1, -0.05) is 6.58 Å². The van der Waals surface area contributed by atoms with Crippen molar-refractivity contribution in [2.75, 3.05) is 0 Å². The number of aliphatic hydroxyl groups is 2. The summed E-state index contributed by atoms with van der Waals surface area (Å²) >= 11 is 0. The lowest BCUT2D eigenvalue weighted by Crippen LogP contribution is -2.33. The smallest absolute Gasteiger partial charge is 0.144 e.